The number of ether oxygens (including phenoxy) is 1. The van der Waals surface area contributed by atoms with Gasteiger partial charge in [-0.25, -0.2) is 9.69 Å². The van der Waals surface area contributed by atoms with Crippen molar-refractivity contribution in [2.45, 2.75) is 37.5 Å². The molecule has 1 spiro atoms. The number of benzene rings is 3. The van der Waals surface area contributed by atoms with E-state index < -0.39 is 23.2 Å². The van der Waals surface area contributed by atoms with Gasteiger partial charge < -0.3 is 4.74 Å². The van der Waals surface area contributed by atoms with Gasteiger partial charge in [0.15, 0.2) is 0 Å². The van der Waals surface area contributed by atoms with Crippen molar-refractivity contribution >= 4 is 39.4 Å². The second kappa shape index (κ2) is 9.51. The summed E-state index contributed by atoms with van der Waals surface area (Å²) >= 11 is 3.52. The lowest BCUT2D eigenvalue weighted by Gasteiger charge is -2.45. The molecule has 0 bridgehead atoms. The molecule has 0 fully saturated rings. The first kappa shape index (κ1) is 24.2. The number of allylic oxidation sites excluding steroid dienone is 1. The number of carbonyl (C=O) groups is 3. The summed E-state index contributed by atoms with van der Waals surface area (Å²) in [6.45, 7) is 3.32. The van der Waals surface area contributed by atoms with E-state index in [0.717, 1.165) is 15.6 Å². The number of anilines is 1. The Kier molecular flexibility index (Phi) is 6.39. The van der Waals surface area contributed by atoms with Crippen molar-refractivity contribution in [3.8, 4) is 0 Å². The minimum Gasteiger partial charge on any atom is -0.463 e. The molecule has 36 heavy (non-hydrogen) atoms. The second-order valence-electron chi connectivity index (χ2n) is 9.11. The molecule has 3 aromatic carbocycles. The molecule has 0 saturated heterocycles. The highest BCUT2D eigenvalue weighted by Gasteiger charge is 2.63. The lowest BCUT2D eigenvalue weighted by atomic mass is 9.55. The molecule has 6 heteroatoms. The van der Waals surface area contributed by atoms with Crippen LogP contribution in [-0.4, -0.2) is 24.4 Å². The third kappa shape index (κ3) is 3.63. The van der Waals surface area contributed by atoms with Gasteiger partial charge in [0, 0.05) is 17.3 Å². The van der Waals surface area contributed by atoms with Crippen molar-refractivity contribution in [3.63, 3.8) is 0 Å². The van der Waals surface area contributed by atoms with E-state index >= 15 is 0 Å². The van der Waals surface area contributed by atoms with Crippen molar-refractivity contribution in [3.05, 3.63) is 112 Å². The number of carbonyl (C=O) groups excluding carboxylic acids is 3. The van der Waals surface area contributed by atoms with Crippen LogP contribution in [0.25, 0.3) is 0 Å². The first-order valence-electron chi connectivity index (χ1n) is 12.0. The molecule has 3 aromatic rings. The predicted octanol–water partition coefficient (Wildman–Crippen LogP) is 6.04. The zero-order chi connectivity index (χ0) is 25.4. The quantitative estimate of drug-likeness (QED) is 0.376. The normalized spacial score (nSPS) is 22.8. The van der Waals surface area contributed by atoms with Gasteiger partial charge in [-0.2, -0.15) is 0 Å². The largest absolute Gasteiger partial charge is 0.463 e. The third-order valence-electron chi connectivity index (χ3n) is 7.25. The highest BCUT2D eigenvalue weighted by Crippen LogP contribution is 2.61. The summed E-state index contributed by atoms with van der Waals surface area (Å²) in [6, 6.07) is 25.2. The Bertz CT molecular complexity index is 1370. The molecule has 2 aliphatic rings. The molecule has 0 aromatic heterocycles. The van der Waals surface area contributed by atoms with E-state index in [2.05, 4.69) is 28.1 Å². The monoisotopic (exact) mass is 543 g/mol. The van der Waals surface area contributed by atoms with Crippen molar-refractivity contribution in [2.75, 3.05) is 11.5 Å². The average molecular weight is 544 g/mol. The van der Waals surface area contributed by atoms with Gasteiger partial charge in [0.25, 0.3) is 0 Å². The van der Waals surface area contributed by atoms with E-state index in [9.17, 15) is 14.4 Å². The van der Waals surface area contributed by atoms with Crippen molar-refractivity contribution in [1.82, 2.24) is 0 Å². The molecule has 1 aliphatic heterocycles. The van der Waals surface area contributed by atoms with Crippen LogP contribution in [0.15, 0.2) is 95.0 Å². The van der Waals surface area contributed by atoms with E-state index in [1.807, 2.05) is 60.7 Å². The minimum atomic E-state index is -1.42. The van der Waals surface area contributed by atoms with Crippen molar-refractivity contribution in [1.29, 1.82) is 0 Å². The van der Waals surface area contributed by atoms with E-state index in [1.54, 1.807) is 19.1 Å². The predicted molar refractivity (Wildman–Crippen MR) is 142 cm³/mol. The maximum absolute atomic E-state index is 14.6. The molecule has 0 saturated carbocycles. The summed E-state index contributed by atoms with van der Waals surface area (Å²) in [4.78, 5) is 42.2. The number of hydrogen-bond donors (Lipinski definition) is 0. The molecule has 0 radical (unpaired) electrons. The molecule has 1 aliphatic carbocycles. The number of amides is 2. The molecule has 182 valence electrons. The summed E-state index contributed by atoms with van der Waals surface area (Å²) in [6.07, 6.45) is 2.40. The van der Waals surface area contributed by atoms with Gasteiger partial charge in [-0.15, -0.1) is 0 Å². The molecule has 1 heterocycles. The number of halogens is 1. The fraction of sp³-hybridized carbons (Fsp3) is 0.233. The molecule has 3 atom stereocenters. The molecule has 5 rings (SSSR count). The highest BCUT2D eigenvalue weighted by atomic mass is 79.9. The van der Waals surface area contributed by atoms with Crippen LogP contribution in [0.4, 0.5) is 5.69 Å². The number of rotatable bonds is 4. The summed E-state index contributed by atoms with van der Waals surface area (Å²) in [7, 11) is 0. The van der Waals surface area contributed by atoms with Crippen LogP contribution in [-0.2, 0) is 24.5 Å². The number of esters is 1. The molecular formula is C30H26BrNO4. The molecular weight excluding hydrogens is 518 g/mol. The number of imide groups is 1. The van der Waals surface area contributed by atoms with E-state index in [-0.39, 0.29) is 18.4 Å². The zero-order valence-electron chi connectivity index (χ0n) is 20.1. The summed E-state index contributed by atoms with van der Waals surface area (Å²) in [5.41, 5.74) is 2.02. The average Bonchev–Trinajstić information content (AvgIpc) is 3.14. The number of nitrogens with zero attached hydrogens (tertiary/aromatic N) is 1. The van der Waals surface area contributed by atoms with Gasteiger partial charge in [-0.05, 0) is 54.2 Å². The Morgan fingerprint density at radius 1 is 0.972 bits per heavy atom. The standard InChI is InChI=1S/C30H26BrNO4/c1-3-36-28(34)25-18-17-23(20-9-5-4-6-10-20)27(21-13-15-22(31)16-14-21)30(25)24-11-7-8-12-26(24)32(19(2)33)29(30)35/h4-16,18,23,27H,3,17H2,1-2H3/t23-,27-,30+/m0/s1. The zero-order valence-corrected chi connectivity index (χ0v) is 21.7. The van der Waals surface area contributed by atoms with Gasteiger partial charge in [-0.1, -0.05) is 82.7 Å². The summed E-state index contributed by atoms with van der Waals surface area (Å²) < 4.78 is 6.41. The number of para-hydroxylation sites is 1. The van der Waals surface area contributed by atoms with Gasteiger partial charge in [0.1, 0.15) is 5.41 Å². The Hall–Kier alpha value is -3.51. The second-order valence-corrected chi connectivity index (χ2v) is 10.0. The highest BCUT2D eigenvalue weighted by molar-refractivity contribution is 9.10. The minimum absolute atomic E-state index is 0.116. The maximum Gasteiger partial charge on any atom is 0.335 e. The van der Waals surface area contributed by atoms with E-state index in [1.165, 1.54) is 11.8 Å². The summed E-state index contributed by atoms with van der Waals surface area (Å²) in [5, 5.41) is 0. The lowest BCUT2D eigenvalue weighted by molar-refractivity contribution is -0.142. The van der Waals surface area contributed by atoms with E-state index in [4.69, 9.17) is 4.74 Å². The smallest absolute Gasteiger partial charge is 0.335 e. The Balaban J connectivity index is 1.87. The molecule has 0 unspecified atom stereocenters. The Morgan fingerprint density at radius 3 is 2.31 bits per heavy atom. The van der Waals surface area contributed by atoms with Gasteiger partial charge >= 0.3 is 5.97 Å². The number of fused-ring (bicyclic) bond motifs is 2. The Morgan fingerprint density at radius 2 is 1.64 bits per heavy atom. The van der Waals surface area contributed by atoms with Crippen LogP contribution in [0, 0.1) is 0 Å². The van der Waals surface area contributed by atoms with Gasteiger partial charge in [0.05, 0.1) is 17.9 Å². The van der Waals surface area contributed by atoms with Crippen molar-refractivity contribution in [2.24, 2.45) is 0 Å². The topological polar surface area (TPSA) is 63.7 Å². The van der Waals surface area contributed by atoms with Crippen LogP contribution in [0.3, 0.4) is 0 Å². The van der Waals surface area contributed by atoms with Gasteiger partial charge in [-0.3, -0.25) is 9.59 Å². The SMILES string of the molecule is CCOC(=O)C1=CC[C@@H](c2ccccc2)[C@H](c2ccc(Br)cc2)[C@]12C(=O)N(C(C)=O)c1ccccc12. The van der Waals surface area contributed by atoms with Crippen molar-refractivity contribution < 1.29 is 19.1 Å². The number of hydrogen-bond acceptors (Lipinski definition) is 4. The fourth-order valence-electron chi connectivity index (χ4n) is 5.92. The van der Waals surface area contributed by atoms with Crippen LogP contribution in [0.5, 0.6) is 0 Å². The molecule has 0 N–H and O–H groups in total. The summed E-state index contributed by atoms with van der Waals surface area (Å²) in [5.74, 6) is -1.89. The van der Waals surface area contributed by atoms with Gasteiger partial charge in [0.2, 0.25) is 11.8 Å². The molecule has 2 amide bonds. The fourth-order valence-corrected chi connectivity index (χ4v) is 6.19. The van der Waals surface area contributed by atoms with Crippen LogP contribution in [0.1, 0.15) is 48.8 Å². The maximum atomic E-state index is 14.6. The van der Waals surface area contributed by atoms with Crippen LogP contribution >= 0.6 is 15.9 Å². The van der Waals surface area contributed by atoms with E-state index in [0.29, 0.717) is 23.2 Å². The van der Waals surface area contributed by atoms with Crippen LogP contribution in [0.2, 0.25) is 0 Å². The first-order chi connectivity index (χ1) is 17.4. The van der Waals surface area contributed by atoms with Crippen LogP contribution < -0.4 is 4.90 Å². The first-order valence-corrected chi connectivity index (χ1v) is 12.8. The third-order valence-corrected chi connectivity index (χ3v) is 7.78. The lowest BCUT2D eigenvalue weighted by Crippen LogP contribution is -2.52. The molecule has 5 nitrogen and oxygen atoms in total. The Labute approximate surface area is 218 Å².